The van der Waals surface area contributed by atoms with Gasteiger partial charge in [-0.1, -0.05) is 0 Å². The van der Waals surface area contributed by atoms with E-state index in [1.165, 1.54) is 0 Å². The predicted octanol–water partition coefficient (Wildman–Crippen LogP) is -0.388. The van der Waals surface area contributed by atoms with E-state index in [2.05, 4.69) is 10.2 Å². The molecule has 4 heteroatoms. The van der Waals surface area contributed by atoms with E-state index in [9.17, 15) is 0 Å². The molecule has 1 unspecified atom stereocenters. The summed E-state index contributed by atoms with van der Waals surface area (Å²) in [5.74, 6) is 0. The van der Waals surface area contributed by atoms with Gasteiger partial charge in [-0.15, -0.1) is 0 Å². The van der Waals surface area contributed by atoms with Gasteiger partial charge in [0.2, 0.25) is 0 Å². The first kappa shape index (κ1) is 8.44. The monoisotopic (exact) mass is 172 g/mol. The van der Waals surface area contributed by atoms with Crippen molar-refractivity contribution in [2.24, 2.45) is 0 Å². The molecule has 0 aromatic carbocycles. The van der Waals surface area contributed by atoms with Crippen LogP contribution in [0.2, 0.25) is 0 Å². The molecule has 1 atom stereocenters. The lowest BCUT2D eigenvalue weighted by molar-refractivity contribution is -0.276. The van der Waals surface area contributed by atoms with Crippen molar-refractivity contribution in [3.8, 4) is 0 Å². The molecule has 2 fully saturated rings. The van der Waals surface area contributed by atoms with Crippen LogP contribution < -0.4 is 5.32 Å². The highest BCUT2D eigenvalue weighted by Crippen LogP contribution is 2.10. The summed E-state index contributed by atoms with van der Waals surface area (Å²) < 4.78 is 0. The van der Waals surface area contributed by atoms with Gasteiger partial charge in [-0.05, 0) is 0 Å². The van der Waals surface area contributed by atoms with E-state index in [4.69, 9.17) is 9.78 Å². The van der Waals surface area contributed by atoms with E-state index in [1.54, 1.807) is 0 Å². The molecule has 0 radical (unpaired) electrons. The van der Waals surface area contributed by atoms with Crippen molar-refractivity contribution in [3.05, 3.63) is 0 Å². The Kier molecular flexibility index (Phi) is 2.94. The van der Waals surface area contributed by atoms with Crippen LogP contribution in [0, 0.1) is 0 Å². The van der Waals surface area contributed by atoms with Crippen LogP contribution in [0.3, 0.4) is 0 Å². The van der Waals surface area contributed by atoms with Gasteiger partial charge < -0.3 is 5.32 Å². The molecule has 0 amide bonds. The SMILES string of the molecule is C1CN(CC2CCOO2)CCN1. The number of piperazine rings is 1. The fourth-order valence-corrected chi connectivity index (χ4v) is 1.68. The molecule has 12 heavy (non-hydrogen) atoms. The number of nitrogens with zero attached hydrogens (tertiary/aromatic N) is 1. The Bertz CT molecular complexity index is 131. The lowest BCUT2D eigenvalue weighted by Gasteiger charge is -2.28. The minimum atomic E-state index is 0.308. The van der Waals surface area contributed by atoms with Gasteiger partial charge in [0, 0.05) is 39.1 Å². The Morgan fingerprint density at radius 1 is 1.33 bits per heavy atom. The molecule has 2 rings (SSSR count). The van der Waals surface area contributed by atoms with Crippen molar-refractivity contribution in [2.75, 3.05) is 39.3 Å². The Balaban J connectivity index is 1.69. The number of rotatable bonds is 2. The largest absolute Gasteiger partial charge is 0.314 e. The van der Waals surface area contributed by atoms with Crippen LogP contribution in [0.15, 0.2) is 0 Å². The molecule has 4 nitrogen and oxygen atoms in total. The quantitative estimate of drug-likeness (QED) is 0.575. The van der Waals surface area contributed by atoms with Gasteiger partial charge in [0.05, 0.1) is 6.61 Å². The Morgan fingerprint density at radius 3 is 2.83 bits per heavy atom. The minimum absolute atomic E-state index is 0.308. The van der Waals surface area contributed by atoms with Crippen molar-refractivity contribution in [3.63, 3.8) is 0 Å². The molecule has 0 aromatic heterocycles. The summed E-state index contributed by atoms with van der Waals surface area (Å²) in [6.45, 7) is 6.28. The zero-order valence-corrected chi connectivity index (χ0v) is 7.29. The summed E-state index contributed by atoms with van der Waals surface area (Å²) in [6.07, 6.45) is 1.35. The van der Waals surface area contributed by atoms with Crippen LogP contribution >= 0.6 is 0 Å². The normalized spacial score (nSPS) is 32.5. The molecule has 70 valence electrons. The third kappa shape index (κ3) is 2.17. The summed E-state index contributed by atoms with van der Waals surface area (Å²) in [5, 5.41) is 3.33. The van der Waals surface area contributed by atoms with E-state index in [0.717, 1.165) is 45.8 Å². The summed E-state index contributed by atoms with van der Waals surface area (Å²) in [4.78, 5) is 12.4. The Labute approximate surface area is 72.7 Å². The van der Waals surface area contributed by atoms with Crippen LogP contribution in [0.4, 0.5) is 0 Å². The molecule has 2 heterocycles. The van der Waals surface area contributed by atoms with Crippen molar-refractivity contribution in [1.29, 1.82) is 0 Å². The van der Waals surface area contributed by atoms with Crippen LogP contribution in [-0.4, -0.2) is 50.3 Å². The van der Waals surface area contributed by atoms with Gasteiger partial charge in [-0.25, -0.2) is 9.78 Å². The van der Waals surface area contributed by atoms with Crippen LogP contribution in [0.5, 0.6) is 0 Å². The Morgan fingerprint density at radius 2 is 2.17 bits per heavy atom. The van der Waals surface area contributed by atoms with Gasteiger partial charge in [0.25, 0.3) is 0 Å². The third-order valence-electron chi connectivity index (χ3n) is 2.40. The number of hydrogen-bond acceptors (Lipinski definition) is 4. The first-order valence-electron chi connectivity index (χ1n) is 4.66. The van der Waals surface area contributed by atoms with E-state index >= 15 is 0 Å². The average molecular weight is 172 g/mol. The maximum atomic E-state index is 5.09. The van der Waals surface area contributed by atoms with Crippen molar-refractivity contribution >= 4 is 0 Å². The van der Waals surface area contributed by atoms with Gasteiger partial charge in [-0.3, -0.25) is 4.90 Å². The maximum Gasteiger partial charge on any atom is 0.108 e. The van der Waals surface area contributed by atoms with Gasteiger partial charge in [0.1, 0.15) is 6.10 Å². The molecule has 2 aliphatic rings. The molecule has 1 N–H and O–H groups in total. The molecule has 2 aliphatic heterocycles. The first-order chi connectivity index (χ1) is 5.95. The fraction of sp³-hybridized carbons (Fsp3) is 1.00. The second kappa shape index (κ2) is 4.18. The highest BCUT2D eigenvalue weighted by Gasteiger charge is 2.21. The first-order valence-corrected chi connectivity index (χ1v) is 4.66. The van der Waals surface area contributed by atoms with Crippen molar-refractivity contribution < 1.29 is 9.78 Å². The highest BCUT2D eigenvalue weighted by molar-refractivity contribution is 4.72. The molecule has 0 aliphatic carbocycles. The van der Waals surface area contributed by atoms with Gasteiger partial charge in [0.15, 0.2) is 0 Å². The summed E-state index contributed by atoms with van der Waals surface area (Å²) in [6, 6.07) is 0. The average Bonchev–Trinajstić information content (AvgIpc) is 2.59. The van der Waals surface area contributed by atoms with Crippen LogP contribution in [-0.2, 0) is 9.78 Å². The lowest BCUT2D eigenvalue weighted by atomic mass is 10.2. The zero-order chi connectivity index (χ0) is 8.23. The van der Waals surface area contributed by atoms with Crippen LogP contribution in [0.25, 0.3) is 0 Å². The molecule has 0 bridgehead atoms. The molecule has 0 aromatic rings. The van der Waals surface area contributed by atoms with Gasteiger partial charge in [-0.2, -0.15) is 0 Å². The fourth-order valence-electron chi connectivity index (χ4n) is 1.68. The molecule has 0 spiro atoms. The van der Waals surface area contributed by atoms with E-state index in [1.807, 2.05) is 0 Å². The van der Waals surface area contributed by atoms with E-state index < -0.39 is 0 Å². The number of nitrogens with one attached hydrogen (secondary N) is 1. The maximum absolute atomic E-state index is 5.09. The Hall–Kier alpha value is -0.160. The van der Waals surface area contributed by atoms with Crippen molar-refractivity contribution in [2.45, 2.75) is 12.5 Å². The minimum Gasteiger partial charge on any atom is -0.314 e. The van der Waals surface area contributed by atoms with Gasteiger partial charge >= 0.3 is 0 Å². The van der Waals surface area contributed by atoms with Crippen molar-refractivity contribution in [1.82, 2.24) is 10.2 Å². The predicted molar refractivity (Wildman–Crippen MR) is 44.8 cm³/mol. The second-order valence-electron chi connectivity index (χ2n) is 3.38. The highest BCUT2D eigenvalue weighted by atomic mass is 17.2. The molecular formula is C8H16N2O2. The van der Waals surface area contributed by atoms with Crippen LogP contribution in [0.1, 0.15) is 6.42 Å². The topological polar surface area (TPSA) is 33.7 Å². The lowest BCUT2D eigenvalue weighted by Crippen LogP contribution is -2.46. The smallest absolute Gasteiger partial charge is 0.108 e. The van der Waals surface area contributed by atoms with E-state index in [-0.39, 0.29) is 0 Å². The zero-order valence-electron chi connectivity index (χ0n) is 7.29. The van der Waals surface area contributed by atoms with E-state index in [0.29, 0.717) is 6.10 Å². The number of hydrogen-bond donors (Lipinski definition) is 1. The molecule has 2 saturated heterocycles. The second-order valence-corrected chi connectivity index (χ2v) is 3.38. The summed E-state index contributed by atoms with van der Waals surface area (Å²) in [5.41, 5.74) is 0. The summed E-state index contributed by atoms with van der Waals surface area (Å²) >= 11 is 0. The summed E-state index contributed by atoms with van der Waals surface area (Å²) in [7, 11) is 0. The molecular weight excluding hydrogens is 156 g/mol. The standard InChI is InChI=1S/C8H16N2O2/c1-6-11-12-8(1)7-10-4-2-9-3-5-10/h8-9H,1-7H2. The molecule has 0 saturated carbocycles. The third-order valence-corrected chi connectivity index (χ3v) is 2.40.